The Morgan fingerprint density at radius 1 is 0.733 bits per heavy atom. The molecular formula is C49H86O8Si3. The molecule has 0 heterocycles. The Hall–Kier alpha value is -1.94. The lowest BCUT2D eigenvalue weighted by molar-refractivity contribution is -0.157. The predicted molar refractivity (Wildman–Crippen MR) is 258 cm³/mol. The SMILES string of the molecule is CCOC(=O)[C@H](C)[C@@H](O)[C@@H](C)[C@H](C[C@@H](/C=C\[C@H](C)[C@H](O[Si](C)(C)C(C)(C)C)[C@@H](C)CO[Si](c1ccccc1)(c1ccccc1)C(C)(C)C)O[Si](C)(C)C(C)(C)C)OCOC. The number of ether oxygens (including phenoxy) is 3. The van der Waals surface area contributed by atoms with Crippen molar-refractivity contribution in [3.05, 3.63) is 72.8 Å². The molecule has 0 spiro atoms. The van der Waals surface area contributed by atoms with Gasteiger partial charge in [-0.1, -0.05) is 156 Å². The second-order valence-corrected chi connectivity index (χ2v) is 35.0. The van der Waals surface area contributed by atoms with Crippen LogP contribution >= 0.6 is 0 Å². The Morgan fingerprint density at radius 3 is 1.65 bits per heavy atom. The summed E-state index contributed by atoms with van der Waals surface area (Å²) in [7, 11) is -5.74. The highest BCUT2D eigenvalue weighted by atomic mass is 28.4. The second-order valence-electron chi connectivity index (χ2n) is 21.2. The van der Waals surface area contributed by atoms with Crippen LogP contribution in [0.3, 0.4) is 0 Å². The first-order valence-corrected chi connectivity index (χ1v) is 30.0. The van der Waals surface area contributed by atoms with E-state index in [1.54, 1.807) is 21.0 Å². The van der Waals surface area contributed by atoms with Gasteiger partial charge in [-0.3, -0.25) is 4.79 Å². The van der Waals surface area contributed by atoms with E-state index in [0.29, 0.717) is 13.0 Å². The van der Waals surface area contributed by atoms with Crippen LogP contribution in [0.4, 0.5) is 0 Å². The van der Waals surface area contributed by atoms with Crippen molar-refractivity contribution in [2.45, 2.75) is 169 Å². The minimum Gasteiger partial charge on any atom is -0.466 e. The third-order valence-electron chi connectivity index (χ3n) is 13.3. The topological polar surface area (TPSA) is 92.7 Å². The molecule has 0 aromatic heterocycles. The molecule has 2 aromatic rings. The van der Waals surface area contributed by atoms with Crippen LogP contribution < -0.4 is 10.4 Å². The number of aliphatic hydroxyl groups excluding tert-OH is 1. The molecule has 342 valence electrons. The summed E-state index contributed by atoms with van der Waals surface area (Å²) in [5, 5.41) is 13.8. The predicted octanol–water partition coefficient (Wildman–Crippen LogP) is 10.7. The van der Waals surface area contributed by atoms with E-state index in [1.165, 1.54) is 10.4 Å². The van der Waals surface area contributed by atoms with E-state index in [1.807, 2.05) is 6.92 Å². The quantitative estimate of drug-likeness (QED) is 0.0511. The molecule has 0 amide bonds. The van der Waals surface area contributed by atoms with Gasteiger partial charge in [0.15, 0.2) is 16.6 Å². The molecule has 60 heavy (non-hydrogen) atoms. The van der Waals surface area contributed by atoms with Crippen LogP contribution in [-0.4, -0.2) is 87.6 Å². The fourth-order valence-electron chi connectivity index (χ4n) is 7.41. The molecule has 0 fully saturated rings. The molecule has 0 saturated heterocycles. The number of methoxy groups -OCH3 is 1. The summed E-state index contributed by atoms with van der Waals surface area (Å²) < 4.78 is 39.0. The highest BCUT2D eigenvalue weighted by molar-refractivity contribution is 6.99. The maximum atomic E-state index is 12.7. The van der Waals surface area contributed by atoms with Gasteiger partial charge in [0, 0.05) is 32.0 Å². The summed E-state index contributed by atoms with van der Waals surface area (Å²) in [6.45, 7) is 40.5. The number of rotatable bonds is 23. The van der Waals surface area contributed by atoms with Gasteiger partial charge in [-0.25, -0.2) is 0 Å². The van der Waals surface area contributed by atoms with Gasteiger partial charge in [-0.05, 0) is 71.4 Å². The van der Waals surface area contributed by atoms with Gasteiger partial charge in [0.05, 0.1) is 36.9 Å². The second kappa shape index (κ2) is 22.6. The van der Waals surface area contributed by atoms with Crippen molar-refractivity contribution >= 4 is 41.3 Å². The first kappa shape index (κ1) is 54.2. The van der Waals surface area contributed by atoms with Crippen molar-refractivity contribution in [1.82, 2.24) is 0 Å². The lowest BCUT2D eigenvalue weighted by atomic mass is 9.86. The standard InChI is InChI=1S/C49H86O8Si3/c1-20-53-46(51)39(5)44(50)38(4)43(54-35-52-15)33-40(56-58(16,17)47(6,7)8)32-31-36(2)45(57-59(18,19)48(9,10)11)37(3)34-55-60(49(12,13)14,41-27-23-21-24-28-41)42-29-25-22-26-30-42/h21-32,36-40,43-45,50H,20,33-35H2,1-19H3/b32-31-/t36-,37-,38-,39+,40+,43-,44-,45-/m0/s1. The van der Waals surface area contributed by atoms with E-state index in [-0.39, 0.29) is 52.6 Å². The zero-order valence-corrected chi connectivity index (χ0v) is 44.2. The summed E-state index contributed by atoms with van der Waals surface area (Å²) in [6, 6.07) is 21.7. The zero-order chi connectivity index (χ0) is 45.9. The summed E-state index contributed by atoms with van der Waals surface area (Å²) in [6.07, 6.45) is 3.00. The maximum Gasteiger partial charge on any atom is 0.311 e. The molecular weight excluding hydrogens is 801 g/mol. The number of aliphatic hydroxyl groups is 1. The zero-order valence-electron chi connectivity index (χ0n) is 41.2. The molecule has 1 N–H and O–H groups in total. The number of hydrogen-bond acceptors (Lipinski definition) is 8. The Morgan fingerprint density at radius 2 is 1.22 bits per heavy atom. The molecule has 0 bridgehead atoms. The number of carbonyl (C=O) groups is 1. The van der Waals surface area contributed by atoms with Gasteiger partial charge in [-0.2, -0.15) is 0 Å². The van der Waals surface area contributed by atoms with Crippen LogP contribution in [0.5, 0.6) is 0 Å². The van der Waals surface area contributed by atoms with Crippen molar-refractivity contribution in [3.63, 3.8) is 0 Å². The molecule has 8 atom stereocenters. The van der Waals surface area contributed by atoms with Gasteiger partial charge in [0.1, 0.15) is 6.79 Å². The first-order chi connectivity index (χ1) is 27.6. The van der Waals surface area contributed by atoms with Crippen molar-refractivity contribution in [1.29, 1.82) is 0 Å². The van der Waals surface area contributed by atoms with Crippen LogP contribution in [0.2, 0.25) is 41.3 Å². The van der Waals surface area contributed by atoms with Crippen LogP contribution in [-0.2, 0) is 32.3 Å². The van der Waals surface area contributed by atoms with E-state index in [4.69, 9.17) is 27.5 Å². The largest absolute Gasteiger partial charge is 0.466 e. The molecule has 0 aliphatic carbocycles. The summed E-state index contributed by atoms with van der Waals surface area (Å²) in [5.41, 5.74) is 0. The summed E-state index contributed by atoms with van der Waals surface area (Å²) in [4.78, 5) is 12.7. The van der Waals surface area contributed by atoms with Crippen molar-refractivity contribution in [2.75, 3.05) is 27.1 Å². The number of esters is 1. The fourth-order valence-corrected chi connectivity index (χ4v) is 14.8. The van der Waals surface area contributed by atoms with Crippen LogP contribution in [0.15, 0.2) is 72.8 Å². The molecule has 0 radical (unpaired) electrons. The highest BCUT2D eigenvalue weighted by Gasteiger charge is 2.51. The van der Waals surface area contributed by atoms with E-state index >= 15 is 0 Å². The van der Waals surface area contributed by atoms with Crippen molar-refractivity contribution in [2.24, 2.45) is 23.7 Å². The number of hydrogen-bond donors (Lipinski definition) is 1. The smallest absolute Gasteiger partial charge is 0.311 e. The third kappa shape index (κ3) is 14.3. The van der Waals surface area contributed by atoms with Gasteiger partial charge >= 0.3 is 5.97 Å². The third-order valence-corrected chi connectivity index (χ3v) is 27.3. The van der Waals surface area contributed by atoms with Gasteiger partial charge in [-0.15, -0.1) is 0 Å². The van der Waals surface area contributed by atoms with Gasteiger partial charge in [0.2, 0.25) is 0 Å². The minimum atomic E-state index is -2.79. The van der Waals surface area contributed by atoms with E-state index in [0.717, 1.165) is 0 Å². The highest BCUT2D eigenvalue weighted by Crippen LogP contribution is 2.42. The first-order valence-electron chi connectivity index (χ1n) is 22.3. The molecule has 2 aromatic carbocycles. The molecule has 0 unspecified atom stereocenters. The summed E-state index contributed by atoms with van der Waals surface area (Å²) in [5.74, 6) is -1.50. The minimum absolute atomic E-state index is 0.00477. The Kier molecular flexibility index (Phi) is 20.4. The monoisotopic (exact) mass is 887 g/mol. The lowest BCUT2D eigenvalue weighted by Gasteiger charge is -2.45. The molecule has 0 aliphatic rings. The van der Waals surface area contributed by atoms with Crippen LogP contribution in [0.1, 0.15) is 103 Å². The lowest BCUT2D eigenvalue weighted by Crippen LogP contribution is -2.67. The summed E-state index contributed by atoms with van der Waals surface area (Å²) >= 11 is 0. The van der Waals surface area contributed by atoms with Crippen LogP contribution in [0, 0.1) is 23.7 Å². The van der Waals surface area contributed by atoms with Crippen LogP contribution in [0.25, 0.3) is 0 Å². The van der Waals surface area contributed by atoms with Crippen molar-refractivity contribution in [3.8, 4) is 0 Å². The fraction of sp³-hybridized carbons (Fsp3) is 0.694. The van der Waals surface area contributed by atoms with Crippen molar-refractivity contribution < 1.29 is 37.4 Å². The molecule has 8 nitrogen and oxygen atoms in total. The Bertz CT molecular complexity index is 1540. The Labute approximate surface area is 369 Å². The number of benzene rings is 2. The number of carbonyl (C=O) groups excluding carboxylic acids is 1. The normalized spacial score (nSPS) is 17.7. The average Bonchev–Trinajstić information content (AvgIpc) is 3.16. The van der Waals surface area contributed by atoms with E-state index in [9.17, 15) is 9.90 Å². The van der Waals surface area contributed by atoms with E-state index in [2.05, 4.69) is 175 Å². The Balaban J connectivity index is 2.67. The average molecular weight is 887 g/mol. The maximum absolute atomic E-state index is 12.7. The van der Waals surface area contributed by atoms with E-state index < -0.39 is 55.0 Å². The van der Waals surface area contributed by atoms with Gasteiger partial charge < -0.3 is 32.6 Å². The molecule has 11 heteroatoms. The molecule has 0 aliphatic heterocycles. The van der Waals surface area contributed by atoms with Gasteiger partial charge in [0.25, 0.3) is 8.32 Å². The molecule has 0 saturated carbocycles. The molecule has 2 rings (SSSR count).